The van der Waals surface area contributed by atoms with Crippen LogP contribution in [0.4, 0.5) is 0 Å². The van der Waals surface area contributed by atoms with Crippen molar-refractivity contribution >= 4 is 0 Å². The number of hydrogen-bond acceptors (Lipinski definition) is 2. The van der Waals surface area contributed by atoms with Crippen LogP contribution in [0.5, 0.6) is 5.75 Å². The Morgan fingerprint density at radius 1 is 0.880 bits per heavy atom. The van der Waals surface area contributed by atoms with Gasteiger partial charge in [-0.25, -0.2) is 0 Å². The van der Waals surface area contributed by atoms with Gasteiger partial charge in [0.2, 0.25) is 0 Å². The largest absolute Gasteiger partial charge is 0.494 e. The number of benzene rings is 3. The Kier molecular flexibility index (Phi) is 8.30. The van der Waals surface area contributed by atoms with Crippen LogP contribution < -0.4 is 10.5 Å². The third-order valence-electron chi connectivity index (χ3n) is 3.67. The SMILES string of the molecule is CCCCOc1ccc(-c2cc[c]cc2)cc1.NCc1[c]cccc1. The van der Waals surface area contributed by atoms with E-state index in [1.54, 1.807) is 0 Å². The van der Waals surface area contributed by atoms with Gasteiger partial charge in [0.05, 0.1) is 6.61 Å². The van der Waals surface area contributed by atoms with Crippen LogP contribution in [0.3, 0.4) is 0 Å². The lowest BCUT2D eigenvalue weighted by Crippen LogP contribution is -1.95. The van der Waals surface area contributed by atoms with Gasteiger partial charge in [-0.2, -0.15) is 0 Å². The summed E-state index contributed by atoms with van der Waals surface area (Å²) in [5.74, 6) is 0.949. The molecule has 0 spiro atoms. The fourth-order valence-corrected chi connectivity index (χ4v) is 2.21. The number of unbranched alkanes of at least 4 members (excludes halogenated alkanes) is 1. The van der Waals surface area contributed by atoms with E-state index in [-0.39, 0.29) is 0 Å². The summed E-state index contributed by atoms with van der Waals surface area (Å²) in [5, 5.41) is 0. The predicted octanol–water partition coefficient (Wildman–Crippen LogP) is 5.28. The molecule has 3 aromatic carbocycles. The van der Waals surface area contributed by atoms with Gasteiger partial charge in [0, 0.05) is 6.54 Å². The van der Waals surface area contributed by atoms with Crippen molar-refractivity contribution in [2.24, 2.45) is 5.73 Å². The number of hydrogen-bond donors (Lipinski definition) is 1. The van der Waals surface area contributed by atoms with E-state index in [1.807, 2.05) is 48.5 Å². The van der Waals surface area contributed by atoms with Crippen LogP contribution in [0, 0.1) is 12.1 Å². The first-order chi connectivity index (χ1) is 12.3. The minimum absolute atomic E-state index is 0.584. The van der Waals surface area contributed by atoms with Crippen molar-refractivity contribution in [1.82, 2.24) is 0 Å². The molecule has 3 rings (SSSR count). The fraction of sp³-hybridized carbons (Fsp3) is 0.217. The van der Waals surface area contributed by atoms with Gasteiger partial charge in [0.25, 0.3) is 0 Å². The molecule has 0 aliphatic carbocycles. The smallest absolute Gasteiger partial charge is 0.119 e. The van der Waals surface area contributed by atoms with Gasteiger partial charge < -0.3 is 10.5 Å². The molecule has 0 amide bonds. The van der Waals surface area contributed by atoms with Crippen LogP contribution in [0.25, 0.3) is 11.1 Å². The summed E-state index contributed by atoms with van der Waals surface area (Å²) < 4.78 is 5.63. The van der Waals surface area contributed by atoms with Gasteiger partial charge in [-0.15, -0.1) is 0 Å². The van der Waals surface area contributed by atoms with E-state index in [4.69, 9.17) is 10.5 Å². The highest BCUT2D eigenvalue weighted by atomic mass is 16.5. The number of nitrogens with two attached hydrogens (primary N) is 1. The highest BCUT2D eigenvalue weighted by Crippen LogP contribution is 2.21. The third kappa shape index (κ3) is 6.82. The van der Waals surface area contributed by atoms with E-state index in [0.717, 1.165) is 24.3 Å². The third-order valence-corrected chi connectivity index (χ3v) is 3.67. The summed E-state index contributed by atoms with van der Waals surface area (Å²) in [5.41, 5.74) is 8.80. The molecule has 128 valence electrons. The van der Waals surface area contributed by atoms with Crippen molar-refractivity contribution < 1.29 is 4.74 Å². The Bertz CT molecular complexity index is 693. The second-order valence-corrected chi connectivity index (χ2v) is 5.61. The minimum Gasteiger partial charge on any atom is -0.494 e. The molecule has 0 aliphatic heterocycles. The first-order valence-electron chi connectivity index (χ1n) is 8.68. The van der Waals surface area contributed by atoms with Crippen molar-refractivity contribution in [2.45, 2.75) is 26.3 Å². The Balaban J connectivity index is 0.000000236. The van der Waals surface area contributed by atoms with E-state index in [0.29, 0.717) is 6.54 Å². The lowest BCUT2D eigenvalue weighted by atomic mass is 10.1. The molecule has 3 aromatic rings. The van der Waals surface area contributed by atoms with Gasteiger partial charge >= 0.3 is 0 Å². The zero-order valence-electron chi connectivity index (χ0n) is 14.7. The quantitative estimate of drug-likeness (QED) is 0.624. The Hall–Kier alpha value is -2.58. The zero-order valence-corrected chi connectivity index (χ0v) is 14.7. The molecule has 25 heavy (non-hydrogen) atoms. The van der Waals surface area contributed by atoms with E-state index in [2.05, 4.69) is 43.3 Å². The van der Waals surface area contributed by atoms with Gasteiger partial charge in [0.15, 0.2) is 0 Å². The molecule has 0 heterocycles. The van der Waals surface area contributed by atoms with Crippen molar-refractivity contribution in [3.05, 3.63) is 90.5 Å². The fourth-order valence-electron chi connectivity index (χ4n) is 2.21. The van der Waals surface area contributed by atoms with E-state index < -0.39 is 0 Å². The first-order valence-corrected chi connectivity index (χ1v) is 8.68. The zero-order chi connectivity index (χ0) is 17.7. The molecule has 0 saturated heterocycles. The standard InChI is InChI=1S/C16H17O.C7H8N/c1-2-3-13-17-16-11-9-15(10-12-16)14-7-5-4-6-8-14;8-6-7-4-2-1-3-5-7/h5-12H,2-3,13H2,1H3;1-4H,6,8H2. The maximum absolute atomic E-state index is 5.63. The molecular formula is C23H25NO. The van der Waals surface area contributed by atoms with Gasteiger partial charge in [-0.3, -0.25) is 0 Å². The lowest BCUT2D eigenvalue weighted by Gasteiger charge is -2.06. The van der Waals surface area contributed by atoms with Crippen LogP contribution in [0.2, 0.25) is 0 Å². The minimum atomic E-state index is 0.584. The van der Waals surface area contributed by atoms with Crippen LogP contribution in [0.1, 0.15) is 25.3 Å². The molecule has 0 atom stereocenters. The van der Waals surface area contributed by atoms with Crippen LogP contribution in [0.15, 0.2) is 72.8 Å². The lowest BCUT2D eigenvalue weighted by molar-refractivity contribution is 0.309. The molecule has 0 bridgehead atoms. The van der Waals surface area contributed by atoms with E-state index >= 15 is 0 Å². The molecule has 0 aliphatic rings. The summed E-state index contributed by atoms with van der Waals surface area (Å²) in [7, 11) is 0. The molecule has 0 saturated carbocycles. The second kappa shape index (κ2) is 11.1. The summed E-state index contributed by atoms with van der Waals surface area (Å²) >= 11 is 0. The molecule has 0 aromatic heterocycles. The van der Waals surface area contributed by atoms with Gasteiger partial charge in [0.1, 0.15) is 5.75 Å². The van der Waals surface area contributed by atoms with Gasteiger partial charge in [-0.1, -0.05) is 74.0 Å². The molecule has 0 fully saturated rings. The van der Waals surface area contributed by atoms with E-state index in [1.165, 1.54) is 17.5 Å². The Morgan fingerprint density at radius 3 is 2.16 bits per heavy atom. The molecule has 0 unspecified atom stereocenters. The average molecular weight is 331 g/mol. The highest BCUT2D eigenvalue weighted by molar-refractivity contribution is 5.63. The number of ether oxygens (including phenoxy) is 1. The molecule has 2 nitrogen and oxygen atoms in total. The first kappa shape index (κ1) is 18.8. The summed E-state index contributed by atoms with van der Waals surface area (Å²) in [6.45, 7) is 3.55. The molecular weight excluding hydrogens is 306 g/mol. The topological polar surface area (TPSA) is 35.2 Å². The molecule has 2 heteroatoms. The Labute approximate surface area is 151 Å². The normalized spacial score (nSPS) is 9.84. The maximum Gasteiger partial charge on any atom is 0.119 e. The highest BCUT2D eigenvalue weighted by Gasteiger charge is 1.97. The predicted molar refractivity (Wildman–Crippen MR) is 104 cm³/mol. The molecule has 2 radical (unpaired) electrons. The second-order valence-electron chi connectivity index (χ2n) is 5.61. The van der Waals surface area contributed by atoms with Crippen molar-refractivity contribution in [2.75, 3.05) is 6.61 Å². The van der Waals surface area contributed by atoms with Crippen molar-refractivity contribution in [1.29, 1.82) is 0 Å². The summed E-state index contributed by atoms with van der Waals surface area (Å²) in [4.78, 5) is 0. The van der Waals surface area contributed by atoms with Crippen LogP contribution in [-0.4, -0.2) is 6.61 Å². The molecule has 2 N–H and O–H groups in total. The summed E-state index contributed by atoms with van der Waals surface area (Å²) in [6.07, 6.45) is 2.27. The summed E-state index contributed by atoms with van der Waals surface area (Å²) in [6, 6.07) is 30.0. The monoisotopic (exact) mass is 331 g/mol. The van der Waals surface area contributed by atoms with E-state index in [9.17, 15) is 0 Å². The van der Waals surface area contributed by atoms with Crippen LogP contribution >= 0.6 is 0 Å². The average Bonchev–Trinajstić information content (AvgIpc) is 2.70. The van der Waals surface area contributed by atoms with Gasteiger partial charge in [-0.05, 0) is 47.4 Å². The number of rotatable bonds is 6. The Morgan fingerprint density at radius 2 is 1.60 bits per heavy atom. The van der Waals surface area contributed by atoms with Crippen molar-refractivity contribution in [3.63, 3.8) is 0 Å². The van der Waals surface area contributed by atoms with Crippen LogP contribution in [-0.2, 0) is 6.54 Å². The van der Waals surface area contributed by atoms with Crippen molar-refractivity contribution in [3.8, 4) is 16.9 Å². The maximum atomic E-state index is 5.63.